The van der Waals surface area contributed by atoms with Gasteiger partial charge in [0, 0.05) is 12.7 Å². The molecule has 0 heterocycles. The van der Waals surface area contributed by atoms with Crippen LogP contribution in [0.1, 0.15) is 11.1 Å². The molecule has 1 rings (SSSR count). The van der Waals surface area contributed by atoms with Gasteiger partial charge in [-0.25, -0.2) is 0 Å². The fraction of sp³-hybridized carbons (Fsp3) is 0.182. The van der Waals surface area contributed by atoms with Crippen molar-refractivity contribution in [2.75, 3.05) is 13.7 Å². The third-order valence-electron chi connectivity index (χ3n) is 1.46. The zero-order valence-corrected chi connectivity index (χ0v) is 7.37. The average molecular weight is 171 g/mol. The number of rotatable bonds is 1. The number of nitrogens with zero attached hydrogens (tertiary/aromatic N) is 1. The molecule has 0 aliphatic carbocycles. The van der Waals surface area contributed by atoms with Crippen molar-refractivity contribution in [1.29, 1.82) is 5.26 Å². The van der Waals surface area contributed by atoms with Crippen LogP contribution in [-0.2, 0) is 4.74 Å². The van der Waals surface area contributed by atoms with E-state index in [0.29, 0.717) is 12.2 Å². The minimum Gasteiger partial charge on any atom is -0.372 e. The van der Waals surface area contributed by atoms with Crippen molar-refractivity contribution < 1.29 is 4.74 Å². The molecular formula is C11H9NO. The number of methoxy groups -OCH3 is 1. The third-order valence-corrected chi connectivity index (χ3v) is 1.46. The molecule has 0 aliphatic rings. The molecule has 0 saturated heterocycles. The third kappa shape index (κ3) is 2.99. The largest absolute Gasteiger partial charge is 0.372 e. The van der Waals surface area contributed by atoms with Crippen LogP contribution in [0.25, 0.3) is 0 Å². The first kappa shape index (κ1) is 9.32. The van der Waals surface area contributed by atoms with Crippen molar-refractivity contribution in [3.8, 4) is 17.9 Å². The van der Waals surface area contributed by atoms with E-state index >= 15 is 0 Å². The van der Waals surface area contributed by atoms with Crippen molar-refractivity contribution in [2.45, 2.75) is 0 Å². The van der Waals surface area contributed by atoms with Crippen LogP contribution in [0, 0.1) is 23.2 Å². The van der Waals surface area contributed by atoms with Crippen molar-refractivity contribution >= 4 is 0 Å². The van der Waals surface area contributed by atoms with Crippen molar-refractivity contribution in [3.05, 3.63) is 35.4 Å². The zero-order chi connectivity index (χ0) is 9.52. The normalized spacial score (nSPS) is 8.31. The van der Waals surface area contributed by atoms with E-state index in [9.17, 15) is 0 Å². The van der Waals surface area contributed by atoms with Crippen molar-refractivity contribution in [1.82, 2.24) is 0 Å². The summed E-state index contributed by atoms with van der Waals surface area (Å²) in [4.78, 5) is 0. The van der Waals surface area contributed by atoms with Crippen LogP contribution in [0.2, 0.25) is 0 Å². The van der Waals surface area contributed by atoms with Gasteiger partial charge in [0.2, 0.25) is 0 Å². The van der Waals surface area contributed by atoms with E-state index in [2.05, 4.69) is 11.8 Å². The van der Waals surface area contributed by atoms with Gasteiger partial charge in [-0.05, 0) is 24.3 Å². The Bertz CT molecular complexity index is 362. The molecule has 0 saturated carbocycles. The molecule has 1 aromatic rings. The van der Waals surface area contributed by atoms with Gasteiger partial charge >= 0.3 is 0 Å². The Hall–Kier alpha value is -1.77. The van der Waals surface area contributed by atoms with E-state index < -0.39 is 0 Å². The SMILES string of the molecule is COCC#Cc1ccc(C#N)cc1. The maximum absolute atomic E-state index is 8.54. The first-order valence-corrected chi connectivity index (χ1v) is 3.85. The highest BCUT2D eigenvalue weighted by Crippen LogP contribution is 2.00. The Balaban J connectivity index is 2.72. The molecule has 13 heavy (non-hydrogen) atoms. The summed E-state index contributed by atoms with van der Waals surface area (Å²) in [6.07, 6.45) is 0. The molecule has 1 aromatic carbocycles. The van der Waals surface area contributed by atoms with Crippen LogP contribution in [0.4, 0.5) is 0 Å². The monoisotopic (exact) mass is 171 g/mol. The molecular weight excluding hydrogens is 162 g/mol. The second-order valence-corrected chi connectivity index (χ2v) is 2.42. The van der Waals surface area contributed by atoms with Gasteiger partial charge in [0.1, 0.15) is 6.61 Å². The summed E-state index contributed by atoms with van der Waals surface area (Å²) >= 11 is 0. The lowest BCUT2D eigenvalue weighted by molar-refractivity contribution is 0.240. The minimum absolute atomic E-state index is 0.431. The standard InChI is InChI=1S/C11H9NO/c1-13-8-2-3-10-4-6-11(9-12)7-5-10/h4-7H,8H2,1H3. The number of ether oxygens (including phenoxy) is 1. The summed E-state index contributed by atoms with van der Waals surface area (Å²) in [5.74, 6) is 5.75. The molecule has 0 N–H and O–H groups in total. The molecule has 64 valence electrons. The van der Waals surface area contributed by atoms with Crippen LogP contribution in [-0.4, -0.2) is 13.7 Å². The first-order chi connectivity index (χ1) is 6.36. The summed E-state index contributed by atoms with van der Waals surface area (Å²) in [5, 5.41) is 8.54. The van der Waals surface area contributed by atoms with Gasteiger partial charge in [0.25, 0.3) is 0 Å². The fourth-order valence-electron chi connectivity index (χ4n) is 0.838. The molecule has 2 heteroatoms. The van der Waals surface area contributed by atoms with Crippen LogP contribution in [0.15, 0.2) is 24.3 Å². The Labute approximate surface area is 77.8 Å². The van der Waals surface area contributed by atoms with E-state index in [1.54, 1.807) is 19.2 Å². The van der Waals surface area contributed by atoms with Crippen molar-refractivity contribution in [3.63, 3.8) is 0 Å². The van der Waals surface area contributed by atoms with Crippen molar-refractivity contribution in [2.24, 2.45) is 0 Å². The van der Waals surface area contributed by atoms with E-state index in [-0.39, 0.29) is 0 Å². The van der Waals surface area contributed by atoms with Gasteiger partial charge in [0.15, 0.2) is 0 Å². The lowest BCUT2D eigenvalue weighted by Crippen LogP contribution is -1.82. The summed E-state index contributed by atoms with van der Waals surface area (Å²) in [6.45, 7) is 0.431. The molecule has 0 fully saturated rings. The van der Waals surface area contributed by atoms with Gasteiger partial charge in [-0.3, -0.25) is 0 Å². The molecule has 0 atom stereocenters. The van der Waals surface area contributed by atoms with Gasteiger partial charge in [0.05, 0.1) is 11.6 Å². The van der Waals surface area contributed by atoms with Gasteiger partial charge in [-0.15, -0.1) is 0 Å². The molecule has 0 aliphatic heterocycles. The van der Waals surface area contributed by atoms with Gasteiger partial charge in [-0.2, -0.15) is 5.26 Å². The summed E-state index contributed by atoms with van der Waals surface area (Å²) in [5.41, 5.74) is 1.55. The fourth-order valence-corrected chi connectivity index (χ4v) is 0.838. The lowest BCUT2D eigenvalue weighted by Gasteiger charge is -1.89. The molecule has 0 bridgehead atoms. The highest BCUT2D eigenvalue weighted by Gasteiger charge is 1.88. The molecule has 2 nitrogen and oxygen atoms in total. The van der Waals surface area contributed by atoms with Crippen LogP contribution < -0.4 is 0 Å². The highest BCUT2D eigenvalue weighted by atomic mass is 16.5. The Morgan fingerprint density at radius 2 is 1.85 bits per heavy atom. The quantitative estimate of drug-likeness (QED) is 0.601. The maximum atomic E-state index is 8.54. The molecule has 0 unspecified atom stereocenters. The number of hydrogen-bond donors (Lipinski definition) is 0. The molecule has 0 aromatic heterocycles. The molecule has 0 amide bonds. The number of benzene rings is 1. The van der Waals surface area contributed by atoms with Crippen LogP contribution >= 0.6 is 0 Å². The van der Waals surface area contributed by atoms with E-state index in [4.69, 9.17) is 10.00 Å². The highest BCUT2D eigenvalue weighted by molar-refractivity contribution is 5.39. The zero-order valence-electron chi connectivity index (χ0n) is 7.37. The number of hydrogen-bond acceptors (Lipinski definition) is 2. The van der Waals surface area contributed by atoms with E-state index in [1.807, 2.05) is 18.2 Å². The van der Waals surface area contributed by atoms with Gasteiger partial charge < -0.3 is 4.74 Å². The predicted octanol–water partition coefficient (Wildman–Crippen LogP) is 1.56. The summed E-state index contributed by atoms with van der Waals surface area (Å²) in [6, 6.07) is 9.18. The maximum Gasteiger partial charge on any atom is 0.107 e. The first-order valence-electron chi connectivity index (χ1n) is 3.85. The molecule has 0 radical (unpaired) electrons. The second kappa shape index (κ2) is 4.98. The Morgan fingerprint density at radius 3 is 2.38 bits per heavy atom. The lowest BCUT2D eigenvalue weighted by atomic mass is 10.1. The van der Waals surface area contributed by atoms with Crippen LogP contribution in [0.5, 0.6) is 0 Å². The number of nitriles is 1. The van der Waals surface area contributed by atoms with E-state index in [1.165, 1.54) is 0 Å². The average Bonchev–Trinajstić information content (AvgIpc) is 2.19. The smallest absolute Gasteiger partial charge is 0.107 e. The van der Waals surface area contributed by atoms with E-state index in [0.717, 1.165) is 5.56 Å². The minimum atomic E-state index is 0.431. The Morgan fingerprint density at radius 1 is 1.23 bits per heavy atom. The molecule has 0 spiro atoms. The predicted molar refractivity (Wildman–Crippen MR) is 49.9 cm³/mol. The Kier molecular flexibility index (Phi) is 3.57. The second-order valence-electron chi connectivity index (χ2n) is 2.42. The van der Waals surface area contributed by atoms with Crippen LogP contribution in [0.3, 0.4) is 0 Å². The summed E-state index contributed by atoms with van der Waals surface area (Å²) in [7, 11) is 1.60. The topological polar surface area (TPSA) is 33.0 Å². The van der Waals surface area contributed by atoms with Gasteiger partial charge in [-0.1, -0.05) is 11.8 Å². The summed E-state index contributed by atoms with van der Waals surface area (Å²) < 4.78 is 4.78.